The molecule has 0 bridgehead atoms. The van der Waals surface area contributed by atoms with E-state index in [4.69, 9.17) is 4.74 Å². The standard InChI is InChI=1S/C26H26N2O5S/c29-24(17-12-14-34-16-17)27-13-6-5-11-23(25(30)31)28-26(32)33-15-22-20-9-3-1-7-18(20)19-8-2-4-10-21(19)22/h1-4,7-10,12,14,16,22-23H,5-6,11,13,15H2,(H,27,29)(H,28,32)(H,30,31)/t23-/m0/s1. The minimum Gasteiger partial charge on any atom is -0.480 e. The van der Waals surface area contributed by atoms with Crippen LogP contribution in [0.4, 0.5) is 4.79 Å². The van der Waals surface area contributed by atoms with Crippen molar-refractivity contribution in [3.05, 3.63) is 82.0 Å². The zero-order valence-corrected chi connectivity index (χ0v) is 19.3. The largest absolute Gasteiger partial charge is 0.480 e. The lowest BCUT2D eigenvalue weighted by atomic mass is 9.98. The molecule has 3 aromatic rings. The van der Waals surface area contributed by atoms with Crippen molar-refractivity contribution in [3.8, 4) is 11.1 Å². The van der Waals surface area contributed by atoms with E-state index in [1.807, 2.05) is 41.8 Å². The van der Waals surface area contributed by atoms with Crippen molar-refractivity contribution in [1.82, 2.24) is 10.6 Å². The molecule has 1 atom stereocenters. The van der Waals surface area contributed by atoms with E-state index in [0.29, 0.717) is 24.9 Å². The zero-order chi connectivity index (χ0) is 23.9. The molecule has 0 saturated heterocycles. The lowest BCUT2D eigenvalue weighted by Crippen LogP contribution is -2.41. The van der Waals surface area contributed by atoms with E-state index in [-0.39, 0.29) is 24.9 Å². The number of fused-ring (bicyclic) bond motifs is 3. The van der Waals surface area contributed by atoms with Crippen molar-refractivity contribution < 1.29 is 24.2 Å². The van der Waals surface area contributed by atoms with Crippen LogP contribution in [0.15, 0.2) is 65.4 Å². The quantitative estimate of drug-likeness (QED) is 0.368. The van der Waals surface area contributed by atoms with Crippen molar-refractivity contribution in [1.29, 1.82) is 0 Å². The number of rotatable bonds is 10. The maximum absolute atomic E-state index is 12.4. The Balaban J connectivity index is 1.24. The van der Waals surface area contributed by atoms with Gasteiger partial charge in [0.05, 0.1) is 0 Å². The molecule has 176 valence electrons. The fraction of sp³-hybridized carbons (Fsp3) is 0.269. The van der Waals surface area contributed by atoms with Gasteiger partial charge in [-0.1, -0.05) is 48.5 Å². The van der Waals surface area contributed by atoms with E-state index >= 15 is 0 Å². The van der Waals surface area contributed by atoms with Crippen LogP contribution >= 0.6 is 11.3 Å². The predicted molar refractivity (Wildman–Crippen MR) is 130 cm³/mol. The van der Waals surface area contributed by atoms with Gasteiger partial charge in [0.15, 0.2) is 0 Å². The number of aliphatic carboxylic acids is 1. The molecule has 34 heavy (non-hydrogen) atoms. The molecule has 3 N–H and O–H groups in total. The predicted octanol–water partition coefficient (Wildman–Crippen LogP) is 4.64. The smallest absolute Gasteiger partial charge is 0.407 e. The third-order valence-electron chi connectivity index (χ3n) is 5.92. The average molecular weight is 479 g/mol. The first kappa shape index (κ1) is 23.5. The molecule has 2 amide bonds. The molecule has 0 saturated carbocycles. The maximum atomic E-state index is 12.4. The Kier molecular flexibility index (Phi) is 7.59. The molecule has 0 radical (unpaired) electrons. The molecule has 1 heterocycles. The Hall–Kier alpha value is -3.65. The number of benzene rings is 2. The molecule has 0 fully saturated rings. The summed E-state index contributed by atoms with van der Waals surface area (Å²) >= 11 is 1.45. The monoisotopic (exact) mass is 478 g/mol. The van der Waals surface area contributed by atoms with Gasteiger partial charge in [-0.2, -0.15) is 11.3 Å². The number of unbranched alkanes of at least 4 members (excludes halogenated alkanes) is 1. The summed E-state index contributed by atoms with van der Waals surface area (Å²) in [5, 5.41) is 18.4. The molecule has 2 aromatic carbocycles. The van der Waals surface area contributed by atoms with E-state index in [1.54, 1.807) is 11.4 Å². The lowest BCUT2D eigenvalue weighted by Gasteiger charge is -2.17. The number of thiophene rings is 1. The third-order valence-corrected chi connectivity index (χ3v) is 6.61. The second kappa shape index (κ2) is 11.0. The van der Waals surface area contributed by atoms with E-state index in [9.17, 15) is 19.5 Å². The molecular weight excluding hydrogens is 452 g/mol. The van der Waals surface area contributed by atoms with Gasteiger partial charge in [-0.05, 0) is 53.0 Å². The molecule has 0 aliphatic heterocycles. The third kappa shape index (κ3) is 5.46. The van der Waals surface area contributed by atoms with Gasteiger partial charge in [0.25, 0.3) is 5.91 Å². The number of carboxylic acids is 1. The number of carboxylic acid groups (broad SMARTS) is 1. The molecule has 1 aliphatic rings. The van der Waals surface area contributed by atoms with E-state index in [1.165, 1.54) is 11.3 Å². The van der Waals surface area contributed by atoms with Crippen LogP contribution in [0.1, 0.15) is 46.7 Å². The highest BCUT2D eigenvalue weighted by molar-refractivity contribution is 7.08. The number of carbonyl (C=O) groups is 3. The summed E-state index contributed by atoms with van der Waals surface area (Å²) in [6.07, 6.45) is 0.629. The average Bonchev–Trinajstić information content (AvgIpc) is 3.49. The van der Waals surface area contributed by atoms with Crippen LogP contribution < -0.4 is 10.6 Å². The van der Waals surface area contributed by atoms with Crippen molar-refractivity contribution in [2.75, 3.05) is 13.2 Å². The Morgan fingerprint density at radius 2 is 1.65 bits per heavy atom. The Bertz CT molecular complexity index is 1120. The number of alkyl carbamates (subject to hydrolysis) is 1. The Morgan fingerprint density at radius 1 is 0.971 bits per heavy atom. The number of carbonyl (C=O) groups excluding carboxylic acids is 2. The number of ether oxygens (including phenoxy) is 1. The van der Waals surface area contributed by atoms with Crippen LogP contribution in [0.25, 0.3) is 11.1 Å². The first-order valence-corrected chi connectivity index (χ1v) is 12.1. The number of nitrogens with one attached hydrogen (secondary N) is 2. The Morgan fingerprint density at radius 3 is 2.26 bits per heavy atom. The number of amides is 2. The molecular formula is C26H26N2O5S. The van der Waals surface area contributed by atoms with Crippen LogP contribution in [0.2, 0.25) is 0 Å². The van der Waals surface area contributed by atoms with Gasteiger partial charge >= 0.3 is 12.1 Å². The molecule has 7 nitrogen and oxygen atoms in total. The molecule has 1 aliphatic carbocycles. The summed E-state index contributed by atoms with van der Waals surface area (Å²) in [6.45, 7) is 0.562. The summed E-state index contributed by atoms with van der Waals surface area (Å²) in [5.74, 6) is -1.35. The van der Waals surface area contributed by atoms with E-state index in [0.717, 1.165) is 22.3 Å². The van der Waals surface area contributed by atoms with Crippen LogP contribution in [0, 0.1) is 0 Å². The van der Waals surface area contributed by atoms with Crippen molar-refractivity contribution in [2.24, 2.45) is 0 Å². The highest BCUT2D eigenvalue weighted by atomic mass is 32.1. The fourth-order valence-electron chi connectivity index (χ4n) is 4.21. The highest BCUT2D eigenvalue weighted by Gasteiger charge is 2.29. The zero-order valence-electron chi connectivity index (χ0n) is 18.5. The van der Waals surface area contributed by atoms with Crippen molar-refractivity contribution in [2.45, 2.75) is 31.2 Å². The van der Waals surface area contributed by atoms with Gasteiger partial charge in [-0.3, -0.25) is 4.79 Å². The summed E-state index contributed by atoms with van der Waals surface area (Å²) < 4.78 is 5.45. The van der Waals surface area contributed by atoms with Gasteiger partial charge in [-0.25, -0.2) is 9.59 Å². The topological polar surface area (TPSA) is 105 Å². The highest BCUT2D eigenvalue weighted by Crippen LogP contribution is 2.44. The molecule has 0 unspecified atom stereocenters. The molecule has 0 spiro atoms. The second-order valence-corrected chi connectivity index (χ2v) is 8.90. The normalized spacial score (nSPS) is 12.9. The van der Waals surface area contributed by atoms with E-state index in [2.05, 4.69) is 22.8 Å². The van der Waals surface area contributed by atoms with E-state index < -0.39 is 18.1 Å². The van der Waals surface area contributed by atoms with Crippen molar-refractivity contribution in [3.63, 3.8) is 0 Å². The van der Waals surface area contributed by atoms with Crippen LogP contribution in [0.3, 0.4) is 0 Å². The fourth-order valence-corrected chi connectivity index (χ4v) is 4.85. The van der Waals surface area contributed by atoms with Crippen LogP contribution in [-0.2, 0) is 9.53 Å². The summed E-state index contributed by atoms with van der Waals surface area (Å²) in [5.41, 5.74) is 5.06. The van der Waals surface area contributed by atoms with Gasteiger partial charge in [0.1, 0.15) is 12.6 Å². The van der Waals surface area contributed by atoms with Gasteiger partial charge in [0, 0.05) is 23.4 Å². The second-order valence-electron chi connectivity index (χ2n) is 8.12. The Labute approximate surface area is 201 Å². The minimum atomic E-state index is -1.11. The molecule has 8 heteroatoms. The van der Waals surface area contributed by atoms with Gasteiger partial charge in [0.2, 0.25) is 0 Å². The minimum absolute atomic E-state index is 0.0896. The van der Waals surface area contributed by atoms with Gasteiger partial charge < -0.3 is 20.5 Å². The summed E-state index contributed by atoms with van der Waals surface area (Å²) in [7, 11) is 0. The number of hydrogen-bond donors (Lipinski definition) is 3. The number of hydrogen-bond acceptors (Lipinski definition) is 5. The molecule has 1 aromatic heterocycles. The van der Waals surface area contributed by atoms with Crippen molar-refractivity contribution >= 4 is 29.3 Å². The van der Waals surface area contributed by atoms with Crippen LogP contribution in [0.5, 0.6) is 0 Å². The van der Waals surface area contributed by atoms with Crippen LogP contribution in [-0.4, -0.2) is 42.3 Å². The summed E-state index contributed by atoms with van der Waals surface area (Å²) in [6, 6.07) is 16.7. The molecule has 4 rings (SSSR count). The first-order chi connectivity index (χ1) is 16.5. The lowest BCUT2D eigenvalue weighted by molar-refractivity contribution is -0.139. The first-order valence-electron chi connectivity index (χ1n) is 11.2. The summed E-state index contributed by atoms with van der Waals surface area (Å²) in [4.78, 5) is 35.9. The maximum Gasteiger partial charge on any atom is 0.407 e. The van der Waals surface area contributed by atoms with Gasteiger partial charge in [-0.15, -0.1) is 0 Å². The SMILES string of the molecule is O=C(N[C@@H](CCCCNC(=O)c1ccsc1)C(=O)O)OCC1c2ccccc2-c2ccccc21.